The maximum absolute atomic E-state index is 9.01. The van der Waals surface area contributed by atoms with Gasteiger partial charge in [0.25, 0.3) is 0 Å². The first kappa shape index (κ1) is 7.22. The van der Waals surface area contributed by atoms with E-state index in [1.807, 2.05) is 6.07 Å². The van der Waals surface area contributed by atoms with E-state index in [-0.39, 0.29) is 22.7 Å². The van der Waals surface area contributed by atoms with Crippen molar-refractivity contribution >= 4 is 11.4 Å². The molecule has 0 aliphatic rings. The Bertz CT molecular complexity index is 327. The second kappa shape index (κ2) is 2.39. The van der Waals surface area contributed by atoms with Crippen molar-refractivity contribution in [3.63, 3.8) is 0 Å². The molecule has 1 aromatic rings. The number of hydrogen-bond donors (Lipinski definition) is 3. The van der Waals surface area contributed by atoms with Crippen molar-refractivity contribution in [3.05, 3.63) is 17.7 Å². The SMILES string of the molecule is N#Cc1ccc(O)c(N)c1N. The van der Waals surface area contributed by atoms with Crippen LogP contribution in [0.5, 0.6) is 5.75 Å². The maximum Gasteiger partial charge on any atom is 0.140 e. The largest absolute Gasteiger partial charge is 0.506 e. The van der Waals surface area contributed by atoms with Crippen LogP contribution < -0.4 is 11.5 Å². The van der Waals surface area contributed by atoms with E-state index in [4.69, 9.17) is 21.8 Å². The smallest absolute Gasteiger partial charge is 0.140 e. The van der Waals surface area contributed by atoms with Crippen LogP contribution >= 0.6 is 0 Å². The molecule has 0 bridgehead atoms. The average molecular weight is 149 g/mol. The first-order chi connectivity index (χ1) is 5.16. The first-order valence-electron chi connectivity index (χ1n) is 2.94. The Kier molecular flexibility index (Phi) is 1.57. The average Bonchev–Trinajstić information content (AvgIpc) is 2.01. The molecule has 0 amide bonds. The Hall–Kier alpha value is -1.89. The normalized spacial score (nSPS) is 9.00. The highest BCUT2D eigenvalue weighted by Crippen LogP contribution is 2.28. The molecule has 0 aromatic heterocycles. The Morgan fingerprint density at radius 1 is 1.27 bits per heavy atom. The molecule has 0 heterocycles. The third-order valence-electron chi connectivity index (χ3n) is 1.38. The van der Waals surface area contributed by atoms with E-state index in [1.165, 1.54) is 12.1 Å². The van der Waals surface area contributed by atoms with E-state index in [0.29, 0.717) is 0 Å². The number of phenols is 1. The number of benzene rings is 1. The summed E-state index contributed by atoms with van der Waals surface area (Å²) in [5, 5.41) is 17.5. The van der Waals surface area contributed by atoms with Crippen LogP contribution in [-0.2, 0) is 0 Å². The van der Waals surface area contributed by atoms with Crippen LogP contribution in [0.3, 0.4) is 0 Å². The Labute approximate surface area is 63.7 Å². The standard InChI is InChI=1S/C7H7N3O/c8-3-4-1-2-5(11)7(10)6(4)9/h1-2,11H,9-10H2. The van der Waals surface area contributed by atoms with E-state index >= 15 is 0 Å². The van der Waals surface area contributed by atoms with Gasteiger partial charge in [-0.1, -0.05) is 0 Å². The Morgan fingerprint density at radius 2 is 1.91 bits per heavy atom. The Balaban J connectivity index is 3.40. The number of nitriles is 1. The molecule has 5 N–H and O–H groups in total. The third kappa shape index (κ3) is 1.03. The molecule has 0 spiro atoms. The molecule has 1 aromatic carbocycles. The van der Waals surface area contributed by atoms with Gasteiger partial charge in [-0.25, -0.2) is 0 Å². The lowest BCUT2D eigenvalue weighted by Crippen LogP contribution is -1.97. The van der Waals surface area contributed by atoms with Crippen LogP contribution in [0.2, 0.25) is 0 Å². The fourth-order valence-corrected chi connectivity index (χ4v) is 0.722. The van der Waals surface area contributed by atoms with Crippen molar-refractivity contribution in [2.75, 3.05) is 11.5 Å². The summed E-state index contributed by atoms with van der Waals surface area (Å²) in [6.07, 6.45) is 0. The second-order valence-electron chi connectivity index (χ2n) is 2.07. The number of rotatable bonds is 0. The molecule has 56 valence electrons. The molecule has 0 saturated carbocycles. The summed E-state index contributed by atoms with van der Waals surface area (Å²) in [5.74, 6) is -0.0958. The molecule has 0 aliphatic heterocycles. The predicted octanol–water partition coefficient (Wildman–Crippen LogP) is 0.428. The van der Waals surface area contributed by atoms with Gasteiger partial charge in [-0.15, -0.1) is 0 Å². The molecule has 4 heteroatoms. The fourth-order valence-electron chi connectivity index (χ4n) is 0.722. The van der Waals surface area contributed by atoms with Gasteiger partial charge in [0.15, 0.2) is 0 Å². The zero-order valence-corrected chi connectivity index (χ0v) is 5.70. The molecule has 0 saturated heterocycles. The summed E-state index contributed by atoms with van der Waals surface area (Å²) in [6, 6.07) is 4.60. The van der Waals surface area contributed by atoms with Gasteiger partial charge in [0.1, 0.15) is 11.8 Å². The van der Waals surface area contributed by atoms with Crippen molar-refractivity contribution in [2.24, 2.45) is 0 Å². The number of nitrogens with two attached hydrogens (primary N) is 2. The minimum absolute atomic E-state index is 0.0593. The minimum atomic E-state index is -0.0958. The van der Waals surface area contributed by atoms with Crippen LogP contribution in [-0.4, -0.2) is 5.11 Å². The van der Waals surface area contributed by atoms with Gasteiger partial charge in [0.2, 0.25) is 0 Å². The fraction of sp³-hybridized carbons (Fsp3) is 0. The van der Waals surface area contributed by atoms with Gasteiger partial charge >= 0.3 is 0 Å². The third-order valence-corrected chi connectivity index (χ3v) is 1.38. The number of hydrogen-bond acceptors (Lipinski definition) is 4. The number of anilines is 2. The number of nitrogens with zero attached hydrogens (tertiary/aromatic N) is 1. The number of aromatic hydroxyl groups is 1. The number of nitrogen functional groups attached to an aromatic ring is 2. The summed E-state index contributed by atoms with van der Waals surface area (Å²) >= 11 is 0. The van der Waals surface area contributed by atoms with Crippen molar-refractivity contribution in [2.45, 2.75) is 0 Å². The summed E-state index contributed by atoms with van der Waals surface area (Å²) in [6.45, 7) is 0. The first-order valence-corrected chi connectivity index (χ1v) is 2.94. The topological polar surface area (TPSA) is 96.1 Å². The highest BCUT2D eigenvalue weighted by atomic mass is 16.3. The molecule has 0 fully saturated rings. The predicted molar refractivity (Wildman–Crippen MR) is 41.6 cm³/mol. The molecule has 0 atom stereocenters. The van der Waals surface area contributed by atoms with Gasteiger partial charge in [0, 0.05) is 0 Å². The molecule has 0 unspecified atom stereocenters. The highest BCUT2D eigenvalue weighted by Gasteiger charge is 2.05. The van der Waals surface area contributed by atoms with E-state index in [9.17, 15) is 0 Å². The number of phenolic OH excluding ortho intramolecular Hbond substituents is 1. The zero-order chi connectivity index (χ0) is 8.43. The van der Waals surface area contributed by atoms with E-state index in [1.54, 1.807) is 0 Å². The lowest BCUT2D eigenvalue weighted by atomic mass is 10.1. The molecule has 0 aliphatic carbocycles. The second-order valence-corrected chi connectivity index (χ2v) is 2.07. The Morgan fingerprint density at radius 3 is 2.45 bits per heavy atom. The zero-order valence-electron chi connectivity index (χ0n) is 5.70. The highest BCUT2D eigenvalue weighted by molar-refractivity contribution is 5.76. The monoisotopic (exact) mass is 149 g/mol. The minimum Gasteiger partial charge on any atom is -0.506 e. The van der Waals surface area contributed by atoms with Gasteiger partial charge in [-0.05, 0) is 12.1 Å². The van der Waals surface area contributed by atoms with Crippen LogP contribution in [0.4, 0.5) is 11.4 Å². The summed E-state index contributed by atoms with van der Waals surface area (Å²) in [5.41, 5.74) is 11.2. The molecular formula is C7H7N3O. The van der Waals surface area contributed by atoms with Crippen molar-refractivity contribution < 1.29 is 5.11 Å². The summed E-state index contributed by atoms with van der Waals surface area (Å²) in [4.78, 5) is 0. The summed E-state index contributed by atoms with van der Waals surface area (Å²) in [7, 11) is 0. The molecule has 0 radical (unpaired) electrons. The van der Waals surface area contributed by atoms with Gasteiger partial charge in [0.05, 0.1) is 16.9 Å². The van der Waals surface area contributed by atoms with E-state index < -0.39 is 0 Å². The van der Waals surface area contributed by atoms with Crippen molar-refractivity contribution in [3.8, 4) is 11.8 Å². The maximum atomic E-state index is 9.01. The van der Waals surface area contributed by atoms with Gasteiger partial charge in [-0.3, -0.25) is 0 Å². The van der Waals surface area contributed by atoms with Crippen LogP contribution in [0, 0.1) is 11.3 Å². The van der Waals surface area contributed by atoms with E-state index in [2.05, 4.69) is 0 Å². The summed E-state index contributed by atoms with van der Waals surface area (Å²) < 4.78 is 0. The molecule has 11 heavy (non-hydrogen) atoms. The van der Waals surface area contributed by atoms with Crippen molar-refractivity contribution in [1.82, 2.24) is 0 Å². The van der Waals surface area contributed by atoms with E-state index in [0.717, 1.165) is 0 Å². The lowest BCUT2D eigenvalue weighted by molar-refractivity contribution is 0.478. The molecular weight excluding hydrogens is 142 g/mol. The van der Waals surface area contributed by atoms with Crippen LogP contribution in [0.15, 0.2) is 12.1 Å². The van der Waals surface area contributed by atoms with Crippen LogP contribution in [0.25, 0.3) is 0 Å². The lowest BCUT2D eigenvalue weighted by Gasteiger charge is -2.02. The molecule has 4 nitrogen and oxygen atoms in total. The van der Waals surface area contributed by atoms with Crippen LogP contribution in [0.1, 0.15) is 5.56 Å². The van der Waals surface area contributed by atoms with Crippen molar-refractivity contribution in [1.29, 1.82) is 5.26 Å². The van der Waals surface area contributed by atoms with Gasteiger partial charge in [-0.2, -0.15) is 5.26 Å². The quantitative estimate of drug-likeness (QED) is 0.368. The molecule has 1 rings (SSSR count). The van der Waals surface area contributed by atoms with Gasteiger partial charge < -0.3 is 16.6 Å².